The second kappa shape index (κ2) is 8.28. The highest BCUT2D eigenvalue weighted by Crippen LogP contribution is 2.24. The van der Waals surface area contributed by atoms with Crippen molar-refractivity contribution in [1.29, 1.82) is 0 Å². The van der Waals surface area contributed by atoms with Gasteiger partial charge in [-0.05, 0) is 55.3 Å². The molecule has 0 bridgehead atoms. The molecule has 1 aromatic carbocycles. The van der Waals surface area contributed by atoms with Crippen LogP contribution in [0.5, 0.6) is 0 Å². The fraction of sp³-hybridized carbons (Fsp3) is 0.227. The zero-order valence-corrected chi connectivity index (χ0v) is 17.0. The van der Waals surface area contributed by atoms with Crippen molar-refractivity contribution in [3.05, 3.63) is 78.2 Å². The van der Waals surface area contributed by atoms with Gasteiger partial charge >= 0.3 is 0 Å². The summed E-state index contributed by atoms with van der Waals surface area (Å²) in [5.74, 6) is 0.652. The van der Waals surface area contributed by atoms with E-state index in [1.807, 2.05) is 55.8 Å². The van der Waals surface area contributed by atoms with Crippen LogP contribution in [-0.4, -0.2) is 30.8 Å². The normalized spacial score (nSPS) is 12.1. The lowest BCUT2D eigenvalue weighted by atomic mass is 10.0. The Balaban J connectivity index is 1.52. The molecular weight excluding hydrogens is 380 g/mol. The molecule has 4 rings (SSSR count). The van der Waals surface area contributed by atoms with Crippen LogP contribution in [0, 0.1) is 12.8 Å². The van der Waals surface area contributed by atoms with Gasteiger partial charge in [-0.3, -0.25) is 9.78 Å². The summed E-state index contributed by atoms with van der Waals surface area (Å²) in [7, 11) is 0. The van der Waals surface area contributed by atoms with Crippen LogP contribution in [0.4, 0.5) is 0 Å². The van der Waals surface area contributed by atoms with E-state index in [0.29, 0.717) is 17.3 Å². The van der Waals surface area contributed by atoms with Crippen molar-refractivity contribution in [3.8, 4) is 17.1 Å². The Bertz CT molecular complexity index is 1130. The minimum atomic E-state index is -0.413. The quantitative estimate of drug-likeness (QED) is 0.527. The molecule has 3 heterocycles. The van der Waals surface area contributed by atoms with Gasteiger partial charge < -0.3 is 9.84 Å². The molecule has 30 heavy (non-hydrogen) atoms. The molecule has 0 unspecified atom stereocenters. The molecule has 1 atom stereocenters. The molecule has 0 fully saturated rings. The predicted molar refractivity (Wildman–Crippen MR) is 111 cm³/mol. The summed E-state index contributed by atoms with van der Waals surface area (Å²) >= 11 is 0. The number of aryl methyl sites for hydroxylation is 1. The maximum absolute atomic E-state index is 12.8. The number of amides is 1. The Morgan fingerprint density at radius 1 is 1.10 bits per heavy atom. The molecule has 0 radical (unpaired) electrons. The third kappa shape index (κ3) is 3.98. The minimum Gasteiger partial charge on any atom is -0.340 e. The molecular formula is C22H22N6O2. The molecule has 3 aromatic heterocycles. The summed E-state index contributed by atoms with van der Waals surface area (Å²) in [5.41, 5.74) is 3.22. The molecule has 8 nitrogen and oxygen atoms in total. The number of benzene rings is 1. The Kier molecular flexibility index (Phi) is 5.38. The molecule has 0 spiro atoms. The maximum atomic E-state index is 12.8. The van der Waals surface area contributed by atoms with Crippen LogP contribution in [0.2, 0.25) is 0 Å². The standard InChI is InChI=1S/C22H22N6O2/c1-14(2)19(22-26-20(27-30-22)17-5-4-11-23-13-17)25-21(29)16-6-8-18(9-7-16)28-15(3)10-12-24-28/h4-14,19H,1-3H3,(H,25,29)/t19-/m1/s1. The van der Waals surface area contributed by atoms with Crippen LogP contribution >= 0.6 is 0 Å². The van der Waals surface area contributed by atoms with Gasteiger partial charge in [-0.2, -0.15) is 10.1 Å². The van der Waals surface area contributed by atoms with E-state index in [0.717, 1.165) is 16.9 Å². The van der Waals surface area contributed by atoms with E-state index in [-0.39, 0.29) is 11.8 Å². The van der Waals surface area contributed by atoms with Gasteiger partial charge in [-0.15, -0.1) is 0 Å². The maximum Gasteiger partial charge on any atom is 0.251 e. The lowest BCUT2D eigenvalue weighted by Crippen LogP contribution is -2.32. The molecule has 0 aliphatic carbocycles. The van der Waals surface area contributed by atoms with Gasteiger partial charge in [0.2, 0.25) is 11.7 Å². The van der Waals surface area contributed by atoms with E-state index in [9.17, 15) is 4.79 Å². The van der Waals surface area contributed by atoms with Crippen LogP contribution in [0.15, 0.2) is 65.6 Å². The Morgan fingerprint density at radius 3 is 2.53 bits per heavy atom. The summed E-state index contributed by atoms with van der Waals surface area (Å²) in [6.45, 7) is 5.95. The van der Waals surface area contributed by atoms with Crippen molar-refractivity contribution in [2.24, 2.45) is 5.92 Å². The van der Waals surface area contributed by atoms with Crippen molar-refractivity contribution in [3.63, 3.8) is 0 Å². The summed E-state index contributed by atoms with van der Waals surface area (Å²) < 4.78 is 7.26. The van der Waals surface area contributed by atoms with Crippen molar-refractivity contribution < 1.29 is 9.32 Å². The largest absolute Gasteiger partial charge is 0.340 e. The fourth-order valence-electron chi connectivity index (χ4n) is 3.11. The van der Waals surface area contributed by atoms with Crippen molar-refractivity contribution in [2.45, 2.75) is 26.8 Å². The zero-order valence-electron chi connectivity index (χ0n) is 17.0. The van der Waals surface area contributed by atoms with E-state index in [2.05, 4.69) is 25.5 Å². The molecule has 1 amide bonds. The van der Waals surface area contributed by atoms with Crippen LogP contribution in [-0.2, 0) is 0 Å². The van der Waals surface area contributed by atoms with Crippen molar-refractivity contribution >= 4 is 5.91 Å². The predicted octanol–water partition coefficient (Wildman–Crippen LogP) is 3.75. The van der Waals surface area contributed by atoms with E-state index in [4.69, 9.17) is 4.52 Å². The molecule has 8 heteroatoms. The van der Waals surface area contributed by atoms with Gasteiger partial charge in [0, 0.05) is 35.4 Å². The molecule has 4 aromatic rings. The summed E-state index contributed by atoms with van der Waals surface area (Å²) in [6, 6.07) is 12.5. The van der Waals surface area contributed by atoms with Gasteiger partial charge in [0.05, 0.1) is 5.69 Å². The first-order chi connectivity index (χ1) is 14.5. The third-order valence-electron chi connectivity index (χ3n) is 4.79. The number of carbonyl (C=O) groups is 1. The topological polar surface area (TPSA) is 98.7 Å². The summed E-state index contributed by atoms with van der Waals surface area (Å²) in [6.07, 6.45) is 5.09. The summed E-state index contributed by atoms with van der Waals surface area (Å²) in [4.78, 5) is 21.4. The molecule has 1 N–H and O–H groups in total. The van der Waals surface area contributed by atoms with Gasteiger partial charge in [0.15, 0.2) is 0 Å². The first kappa shape index (κ1) is 19.5. The average Bonchev–Trinajstić information content (AvgIpc) is 3.42. The molecule has 0 saturated carbocycles. The van der Waals surface area contributed by atoms with E-state index in [1.54, 1.807) is 30.7 Å². The minimum absolute atomic E-state index is 0.0575. The zero-order chi connectivity index (χ0) is 21.1. The second-order valence-corrected chi connectivity index (χ2v) is 7.32. The molecule has 0 aliphatic heterocycles. The van der Waals surface area contributed by atoms with E-state index >= 15 is 0 Å². The molecule has 0 saturated heterocycles. The lowest BCUT2D eigenvalue weighted by molar-refractivity contribution is 0.0914. The van der Waals surface area contributed by atoms with Crippen LogP contribution < -0.4 is 5.32 Å². The number of rotatable bonds is 6. The summed E-state index contributed by atoms with van der Waals surface area (Å²) in [5, 5.41) is 11.3. The Labute approximate surface area is 174 Å². The van der Waals surface area contributed by atoms with Crippen LogP contribution in [0.1, 0.15) is 41.8 Å². The number of hydrogen-bond donors (Lipinski definition) is 1. The van der Waals surface area contributed by atoms with Crippen LogP contribution in [0.3, 0.4) is 0 Å². The number of aromatic nitrogens is 5. The third-order valence-corrected chi connectivity index (χ3v) is 4.79. The smallest absolute Gasteiger partial charge is 0.251 e. The average molecular weight is 402 g/mol. The van der Waals surface area contributed by atoms with Gasteiger partial charge in [-0.1, -0.05) is 19.0 Å². The van der Waals surface area contributed by atoms with E-state index in [1.165, 1.54) is 0 Å². The van der Waals surface area contributed by atoms with Gasteiger partial charge in [0.1, 0.15) is 6.04 Å². The number of nitrogens with zero attached hydrogens (tertiary/aromatic N) is 5. The molecule has 0 aliphatic rings. The van der Waals surface area contributed by atoms with Crippen molar-refractivity contribution in [2.75, 3.05) is 0 Å². The highest BCUT2D eigenvalue weighted by molar-refractivity contribution is 5.94. The monoisotopic (exact) mass is 402 g/mol. The Morgan fingerprint density at radius 2 is 1.90 bits per heavy atom. The lowest BCUT2D eigenvalue weighted by Gasteiger charge is -2.18. The second-order valence-electron chi connectivity index (χ2n) is 7.32. The first-order valence-corrected chi connectivity index (χ1v) is 9.69. The van der Waals surface area contributed by atoms with Crippen molar-refractivity contribution in [1.82, 2.24) is 30.2 Å². The number of pyridine rings is 1. The number of hydrogen-bond acceptors (Lipinski definition) is 6. The number of nitrogens with one attached hydrogen (secondary N) is 1. The highest BCUT2D eigenvalue weighted by atomic mass is 16.5. The van der Waals surface area contributed by atoms with E-state index < -0.39 is 6.04 Å². The van der Waals surface area contributed by atoms with Gasteiger partial charge in [-0.25, -0.2) is 4.68 Å². The fourth-order valence-corrected chi connectivity index (χ4v) is 3.11. The highest BCUT2D eigenvalue weighted by Gasteiger charge is 2.25. The number of carbonyl (C=O) groups excluding carboxylic acids is 1. The SMILES string of the molecule is Cc1ccnn1-c1ccc(C(=O)N[C@@H](c2nc(-c3cccnc3)no2)C(C)C)cc1. The van der Waals surface area contributed by atoms with Crippen LogP contribution in [0.25, 0.3) is 17.1 Å². The Hall–Kier alpha value is -3.81. The first-order valence-electron chi connectivity index (χ1n) is 9.69. The van der Waals surface area contributed by atoms with Gasteiger partial charge in [0.25, 0.3) is 5.91 Å². The molecule has 152 valence electrons.